The van der Waals surface area contributed by atoms with Crippen LogP contribution in [0.25, 0.3) is 0 Å². The fraction of sp³-hybridized carbons (Fsp3) is 0.455. The molecule has 0 aliphatic heterocycles. The van der Waals surface area contributed by atoms with Crippen LogP contribution in [0.3, 0.4) is 0 Å². The molecule has 0 fully saturated rings. The molecular weight excluding hydrogens is 228 g/mol. The number of halogens is 1. The van der Waals surface area contributed by atoms with Crippen LogP contribution in [-0.4, -0.2) is 12.4 Å². The second kappa shape index (κ2) is 4.66. The summed E-state index contributed by atoms with van der Waals surface area (Å²) >= 11 is 3.44. The van der Waals surface area contributed by atoms with Crippen molar-refractivity contribution in [2.24, 2.45) is 0 Å². The minimum atomic E-state index is 0.978. The third-order valence-corrected chi connectivity index (χ3v) is 2.46. The highest BCUT2D eigenvalue weighted by molar-refractivity contribution is 9.09. The van der Waals surface area contributed by atoms with E-state index in [0.29, 0.717) is 0 Å². The summed E-state index contributed by atoms with van der Waals surface area (Å²) in [4.78, 5) is 0. The largest absolute Gasteiger partial charge is 0.496 e. The van der Waals surface area contributed by atoms with Crippen LogP contribution in [-0.2, 0) is 6.42 Å². The molecule has 1 nitrogen and oxygen atoms in total. The summed E-state index contributed by atoms with van der Waals surface area (Å²) in [5, 5.41) is 0.978. The molecule has 0 aliphatic carbocycles. The Labute approximate surface area is 88.2 Å². The summed E-state index contributed by atoms with van der Waals surface area (Å²) in [5.74, 6) is 1.03. The van der Waals surface area contributed by atoms with E-state index in [1.807, 2.05) is 0 Å². The molecule has 1 aromatic rings. The second-order valence-electron chi connectivity index (χ2n) is 3.21. The van der Waals surface area contributed by atoms with Crippen LogP contribution in [0.1, 0.15) is 16.7 Å². The van der Waals surface area contributed by atoms with Crippen LogP contribution in [0.5, 0.6) is 5.75 Å². The van der Waals surface area contributed by atoms with Gasteiger partial charge in [-0.1, -0.05) is 33.6 Å². The lowest BCUT2D eigenvalue weighted by Crippen LogP contribution is -1.96. The number of methoxy groups -OCH3 is 1. The molecule has 0 amide bonds. The molecule has 0 N–H and O–H groups in total. The highest BCUT2D eigenvalue weighted by Crippen LogP contribution is 2.25. The first-order chi connectivity index (χ1) is 6.19. The van der Waals surface area contributed by atoms with Gasteiger partial charge in [-0.25, -0.2) is 0 Å². The van der Waals surface area contributed by atoms with Crippen molar-refractivity contribution in [1.29, 1.82) is 0 Å². The Bertz CT molecular complexity index is 294. The molecular formula is C11H15BrO. The molecule has 0 saturated heterocycles. The summed E-state index contributed by atoms with van der Waals surface area (Å²) in [5.41, 5.74) is 3.81. The molecule has 0 unspecified atom stereocenters. The van der Waals surface area contributed by atoms with Gasteiger partial charge in [0.2, 0.25) is 0 Å². The summed E-state index contributed by atoms with van der Waals surface area (Å²) < 4.78 is 5.36. The van der Waals surface area contributed by atoms with Gasteiger partial charge in [-0.05, 0) is 31.4 Å². The van der Waals surface area contributed by atoms with Crippen LogP contribution in [0, 0.1) is 13.8 Å². The molecule has 0 atom stereocenters. The third-order valence-electron chi connectivity index (χ3n) is 2.06. The number of ether oxygens (including phenoxy) is 1. The van der Waals surface area contributed by atoms with E-state index in [-0.39, 0.29) is 0 Å². The molecule has 0 aromatic heterocycles. The van der Waals surface area contributed by atoms with Crippen molar-refractivity contribution < 1.29 is 4.74 Å². The van der Waals surface area contributed by atoms with Gasteiger partial charge in [-0.3, -0.25) is 0 Å². The predicted molar refractivity (Wildman–Crippen MR) is 60.0 cm³/mol. The standard InChI is InChI=1S/C11H15BrO/c1-8-6-9(2)11(13-3)10(7-8)4-5-12/h6-7H,4-5H2,1-3H3. The van der Waals surface area contributed by atoms with Crippen molar-refractivity contribution in [3.63, 3.8) is 0 Å². The molecule has 1 aromatic carbocycles. The first-order valence-electron chi connectivity index (χ1n) is 4.39. The fourth-order valence-corrected chi connectivity index (χ4v) is 2.05. The highest BCUT2D eigenvalue weighted by Gasteiger charge is 2.06. The molecule has 0 saturated carbocycles. The summed E-state index contributed by atoms with van der Waals surface area (Å²) in [7, 11) is 1.73. The van der Waals surface area contributed by atoms with Crippen molar-refractivity contribution in [2.75, 3.05) is 12.4 Å². The molecule has 0 bridgehead atoms. The topological polar surface area (TPSA) is 9.23 Å². The molecule has 72 valence electrons. The maximum absolute atomic E-state index is 5.36. The van der Waals surface area contributed by atoms with Gasteiger partial charge in [0.1, 0.15) is 5.75 Å². The van der Waals surface area contributed by atoms with E-state index >= 15 is 0 Å². The maximum atomic E-state index is 5.36. The van der Waals surface area contributed by atoms with Gasteiger partial charge in [-0.15, -0.1) is 0 Å². The Morgan fingerprint density at radius 3 is 2.54 bits per heavy atom. The second-order valence-corrected chi connectivity index (χ2v) is 4.01. The Kier molecular flexibility index (Phi) is 3.79. The van der Waals surface area contributed by atoms with Crippen molar-refractivity contribution in [1.82, 2.24) is 0 Å². The van der Waals surface area contributed by atoms with E-state index in [1.165, 1.54) is 16.7 Å². The lowest BCUT2D eigenvalue weighted by atomic mass is 10.0. The zero-order valence-corrected chi connectivity index (χ0v) is 9.94. The zero-order chi connectivity index (χ0) is 9.84. The molecule has 0 spiro atoms. The quantitative estimate of drug-likeness (QED) is 0.740. The van der Waals surface area contributed by atoms with E-state index in [4.69, 9.17) is 4.74 Å². The molecule has 0 radical (unpaired) electrons. The van der Waals surface area contributed by atoms with Crippen molar-refractivity contribution >= 4 is 15.9 Å². The van der Waals surface area contributed by atoms with E-state index in [9.17, 15) is 0 Å². The van der Waals surface area contributed by atoms with E-state index in [1.54, 1.807) is 7.11 Å². The third kappa shape index (κ3) is 2.47. The predicted octanol–water partition coefficient (Wildman–Crippen LogP) is 3.25. The Morgan fingerprint density at radius 2 is 2.00 bits per heavy atom. The van der Waals surface area contributed by atoms with Crippen LogP contribution in [0.4, 0.5) is 0 Å². The number of hydrogen-bond acceptors (Lipinski definition) is 1. The van der Waals surface area contributed by atoms with Gasteiger partial charge in [0, 0.05) is 5.33 Å². The number of rotatable bonds is 3. The molecule has 0 aliphatic rings. The average molecular weight is 243 g/mol. The SMILES string of the molecule is COc1c(C)cc(C)cc1CCBr. The normalized spacial score (nSPS) is 10.2. The zero-order valence-electron chi connectivity index (χ0n) is 8.36. The summed E-state index contributed by atoms with van der Waals surface area (Å²) in [6, 6.07) is 4.34. The van der Waals surface area contributed by atoms with Gasteiger partial charge < -0.3 is 4.74 Å². The van der Waals surface area contributed by atoms with E-state index in [0.717, 1.165) is 17.5 Å². The summed E-state index contributed by atoms with van der Waals surface area (Å²) in [6.45, 7) is 4.20. The van der Waals surface area contributed by atoms with Crippen LogP contribution >= 0.6 is 15.9 Å². The van der Waals surface area contributed by atoms with Crippen molar-refractivity contribution in [3.05, 3.63) is 28.8 Å². The first-order valence-corrected chi connectivity index (χ1v) is 5.51. The number of benzene rings is 1. The Hall–Kier alpha value is -0.500. The van der Waals surface area contributed by atoms with Crippen LogP contribution in [0.2, 0.25) is 0 Å². The van der Waals surface area contributed by atoms with Gasteiger partial charge >= 0.3 is 0 Å². The van der Waals surface area contributed by atoms with Crippen molar-refractivity contribution in [3.8, 4) is 5.75 Å². The monoisotopic (exact) mass is 242 g/mol. The number of aryl methyl sites for hydroxylation is 3. The number of hydrogen-bond donors (Lipinski definition) is 0. The lowest BCUT2D eigenvalue weighted by Gasteiger charge is -2.11. The smallest absolute Gasteiger partial charge is 0.124 e. The van der Waals surface area contributed by atoms with Gasteiger partial charge in [0.15, 0.2) is 0 Å². The maximum Gasteiger partial charge on any atom is 0.124 e. The fourth-order valence-electron chi connectivity index (χ4n) is 1.62. The lowest BCUT2D eigenvalue weighted by molar-refractivity contribution is 0.407. The first kappa shape index (κ1) is 10.6. The van der Waals surface area contributed by atoms with Crippen molar-refractivity contribution in [2.45, 2.75) is 20.3 Å². The summed E-state index contributed by atoms with van der Waals surface area (Å²) in [6.07, 6.45) is 1.02. The minimum absolute atomic E-state index is 0.978. The molecule has 2 heteroatoms. The van der Waals surface area contributed by atoms with Gasteiger partial charge in [-0.2, -0.15) is 0 Å². The molecule has 13 heavy (non-hydrogen) atoms. The van der Waals surface area contributed by atoms with Gasteiger partial charge in [0.25, 0.3) is 0 Å². The van der Waals surface area contributed by atoms with Gasteiger partial charge in [0.05, 0.1) is 7.11 Å². The van der Waals surface area contributed by atoms with E-state index < -0.39 is 0 Å². The molecule has 0 heterocycles. The Balaban J connectivity index is 3.13. The van der Waals surface area contributed by atoms with Crippen LogP contribution < -0.4 is 4.74 Å². The average Bonchev–Trinajstić information content (AvgIpc) is 2.04. The van der Waals surface area contributed by atoms with Crippen LogP contribution in [0.15, 0.2) is 12.1 Å². The minimum Gasteiger partial charge on any atom is -0.496 e. The molecule has 1 rings (SSSR count). The Morgan fingerprint density at radius 1 is 1.31 bits per heavy atom. The van der Waals surface area contributed by atoms with E-state index in [2.05, 4.69) is 41.9 Å². The number of alkyl halides is 1. The highest BCUT2D eigenvalue weighted by atomic mass is 79.9.